The highest BCUT2D eigenvalue weighted by Gasteiger charge is 2.27. The fourth-order valence-corrected chi connectivity index (χ4v) is 2.58. The summed E-state index contributed by atoms with van der Waals surface area (Å²) in [7, 11) is 0. The lowest BCUT2D eigenvalue weighted by Crippen LogP contribution is -2.29. The maximum absolute atomic E-state index is 5.99. The molecule has 0 bridgehead atoms. The van der Waals surface area contributed by atoms with E-state index in [-0.39, 0.29) is 6.10 Å². The number of nitrogens with one attached hydrogen (secondary N) is 1. The second-order valence-corrected chi connectivity index (χ2v) is 5.79. The zero-order valence-electron chi connectivity index (χ0n) is 12.0. The third-order valence-electron chi connectivity index (χ3n) is 3.94. The topological polar surface area (TPSA) is 43.4 Å². The number of ether oxygens (including phenoxy) is 2. The van der Waals surface area contributed by atoms with Gasteiger partial charge in [-0.2, -0.15) is 0 Å². The largest absolute Gasteiger partial charge is 0.378 e. The lowest BCUT2D eigenvalue weighted by molar-refractivity contribution is -0.0138. The SMILES string of the molecule is c1ccc(CCOCC2CCC(CNC3CC3)O2)nc1. The number of hydrogen-bond donors (Lipinski definition) is 1. The van der Waals surface area contributed by atoms with Crippen LogP contribution >= 0.6 is 0 Å². The van der Waals surface area contributed by atoms with Gasteiger partial charge in [0.1, 0.15) is 0 Å². The second kappa shape index (κ2) is 7.16. The van der Waals surface area contributed by atoms with E-state index in [9.17, 15) is 0 Å². The minimum Gasteiger partial charge on any atom is -0.378 e. The van der Waals surface area contributed by atoms with E-state index in [1.165, 1.54) is 12.8 Å². The summed E-state index contributed by atoms with van der Waals surface area (Å²) in [6.07, 6.45) is 8.34. The summed E-state index contributed by atoms with van der Waals surface area (Å²) in [6.45, 7) is 2.45. The quantitative estimate of drug-likeness (QED) is 0.737. The molecule has 1 saturated heterocycles. The van der Waals surface area contributed by atoms with Crippen molar-refractivity contribution in [2.45, 2.75) is 50.4 Å². The van der Waals surface area contributed by atoms with Crippen LogP contribution in [0.3, 0.4) is 0 Å². The molecule has 4 nitrogen and oxygen atoms in total. The van der Waals surface area contributed by atoms with Gasteiger partial charge in [-0.3, -0.25) is 4.98 Å². The van der Waals surface area contributed by atoms with Crippen LogP contribution in [0.15, 0.2) is 24.4 Å². The lowest BCUT2D eigenvalue weighted by Gasteiger charge is -2.14. The Morgan fingerprint density at radius 3 is 2.90 bits per heavy atom. The highest BCUT2D eigenvalue weighted by atomic mass is 16.5. The molecule has 3 rings (SSSR count). The van der Waals surface area contributed by atoms with Crippen molar-refractivity contribution < 1.29 is 9.47 Å². The lowest BCUT2D eigenvalue weighted by atomic mass is 10.2. The zero-order chi connectivity index (χ0) is 13.6. The van der Waals surface area contributed by atoms with Crippen molar-refractivity contribution in [3.63, 3.8) is 0 Å². The molecule has 110 valence electrons. The maximum atomic E-state index is 5.99. The monoisotopic (exact) mass is 276 g/mol. The molecule has 1 N–H and O–H groups in total. The Morgan fingerprint density at radius 2 is 2.10 bits per heavy atom. The van der Waals surface area contributed by atoms with Crippen LogP contribution in [0.2, 0.25) is 0 Å². The molecule has 1 aliphatic carbocycles. The smallest absolute Gasteiger partial charge is 0.0813 e. The number of pyridine rings is 1. The number of hydrogen-bond acceptors (Lipinski definition) is 4. The van der Waals surface area contributed by atoms with Gasteiger partial charge in [-0.15, -0.1) is 0 Å². The number of nitrogens with zero attached hydrogens (tertiary/aromatic N) is 1. The average molecular weight is 276 g/mol. The third-order valence-corrected chi connectivity index (χ3v) is 3.94. The Bertz CT molecular complexity index is 395. The molecule has 2 fully saturated rings. The fraction of sp³-hybridized carbons (Fsp3) is 0.688. The fourth-order valence-electron chi connectivity index (χ4n) is 2.58. The molecule has 0 spiro atoms. The minimum absolute atomic E-state index is 0.282. The average Bonchev–Trinajstić information content (AvgIpc) is 3.21. The molecule has 2 unspecified atom stereocenters. The van der Waals surface area contributed by atoms with Crippen LogP contribution in [0.25, 0.3) is 0 Å². The molecule has 0 radical (unpaired) electrons. The van der Waals surface area contributed by atoms with Crippen LogP contribution in [0, 0.1) is 0 Å². The van der Waals surface area contributed by atoms with Crippen molar-refractivity contribution in [2.75, 3.05) is 19.8 Å². The maximum Gasteiger partial charge on any atom is 0.0813 e. The molecule has 2 heterocycles. The first-order chi connectivity index (χ1) is 9.90. The molecule has 1 aromatic heterocycles. The summed E-state index contributed by atoms with van der Waals surface area (Å²) in [5, 5.41) is 3.53. The molecular formula is C16H24N2O2. The molecule has 4 heteroatoms. The Hall–Kier alpha value is -0.970. The van der Waals surface area contributed by atoms with E-state index < -0.39 is 0 Å². The Balaban J connectivity index is 1.25. The summed E-state index contributed by atoms with van der Waals surface area (Å²) in [4.78, 5) is 4.29. The molecule has 1 saturated carbocycles. The van der Waals surface area contributed by atoms with Crippen molar-refractivity contribution in [3.8, 4) is 0 Å². The zero-order valence-corrected chi connectivity index (χ0v) is 12.0. The Labute approximate surface area is 120 Å². The second-order valence-electron chi connectivity index (χ2n) is 5.79. The van der Waals surface area contributed by atoms with Crippen LogP contribution in [-0.4, -0.2) is 43.0 Å². The van der Waals surface area contributed by atoms with Crippen LogP contribution < -0.4 is 5.32 Å². The van der Waals surface area contributed by atoms with Gasteiger partial charge in [-0.05, 0) is 37.8 Å². The Kier molecular flexibility index (Phi) is 5.01. The van der Waals surface area contributed by atoms with E-state index in [0.717, 1.165) is 44.1 Å². The van der Waals surface area contributed by atoms with Gasteiger partial charge >= 0.3 is 0 Å². The van der Waals surface area contributed by atoms with Gasteiger partial charge in [0.25, 0.3) is 0 Å². The number of rotatable bonds is 8. The summed E-state index contributed by atoms with van der Waals surface area (Å²) < 4.78 is 11.7. The van der Waals surface area contributed by atoms with E-state index in [1.807, 2.05) is 24.4 Å². The van der Waals surface area contributed by atoms with E-state index in [0.29, 0.717) is 12.7 Å². The van der Waals surface area contributed by atoms with Crippen molar-refractivity contribution in [1.29, 1.82) is 0 Å². The molecule has 20 heavy (non-hydrogen) atoms. The van der Waals surface area contributed by atoms with Crippen molar-refractivity contribution >= 4 is 0 Å². The summed E-state index contributed by atoms with van der Waals surface area (Å²) in [5.41, 5.74) is 1.09. The van der Waals surface area contributed by atoms with Gasteiger partial charge < -0.3 is 14.8 Å². The van der Waals surface area contributed by atoms with E-state index in [4.69, 9.17) is 9.47 Å². The van der Waals surface area contributed by atoms with E-state index in [2.05, 4.69) is 10.3 Å². The van der Waals surface area contributed by atoms with Gasteiger partial charge in [-0.25, -0.2) is 0 Å². The predicted molar refractivity (Wildman–Crippen MR) is 77.7 cm³/mol. The standard InChI is InChI=1S/C16H24N2O2/c1-2-9-17-13(3-1)8-10-19-12-16-7-6-15(20-16)11-18-14-4-5-14/h1-3,9,14-16,18H,4-8,10-12H2. The minimum atomic E-state index is 0.282. The van der Waals surface area contributed by atoms with Gasteiger partial charge in [-0.1, -0.05) is 6.07 Å². The molecule has 0 amide bonds. The highest BCUT2D eigenvalue weighted by Crippen LogP contribution is 2.22. The van der Waals surface area contributed by atoms with Crippen molar-refractivity contribution in [2.24, 2.45) is 0 Å². The molecule has 2 aliphatic rings. The first kappa shape index (κ1) is 14.0. The summed E-state index contributed by atoms with van der Waals surface area (Å²) in [6, 6.07) is 6.76. The summed E-state index contributed by atoms with van der Waals surface area (Å²) >= 11 is 0. The molecule has 2 atom stereocenters. The van der Waals surface area contributed by atoms with Crippen molar-refractivity contribution in [1.82, 2.24) is 10.3 Å². The van der Waals surface area contributed by atoms with Gasteiger partial charge in [0.15, 0.2) is 0 Å². The van der Waals surface area contributed by atoms with E-state index >= 15 is 0 Å². The highest BCUT2D eigenvalue weighted by molar-refractivity contribution is 5.03. The Morgan fingerprint density at radius 1 is 1.20 bits per heavy atom. The predicted octanol–water partition coefficient (Wildman–Crippen LogP) is 1.94. The number of aromatic nitrogens is 1. The summed E-state index contributed by atoms with van der Waals surface area (Å²) in [5.74, 6) is 0. The molecular weight excluding hydrogens is 252 g/mol. The van der Waals surface area contributed by atoms with Crippen LogP contribution in [0.1, 0.15) is 31.4 Å². The van der Waals surface area contributed by atoms with Gasteiger partial charge in [0, 0.05) is 30.9 Å². The van der Waals surface area contributed by atoms with Crippen LogP contribution in [0.4, 0.5) is 0 Å². The third kappa shape index (κ3) is 4.54. The molecule has 1 aliphatic heterocycles. The first-order valence-corrected chi connectivity index (χ1v) is 7.76. The van der Waals surface area contributed by atoms with E-state index in [1.54, 1.807) is 0 Å². The molecule has 0 aromatic carbocycles. The normalized spacial score (nSPS) is 26.0. The van der Waals surface area contributed by atoms with Crippen LogP contribution in [0.5, 0.6) is 0 Å². The first-order valence-electron chi connectivity index (χ1n) is 7.76. The van der Waals surface area contributed by atoms with Crippen molar-refractivity contribution in [3.05, 3.63) is 30.1 Å². The van der Waals surface area contributed by atoms with Gasteiger partial charge in [0.2, 0.25) is 0 Å². The molecule has 1 aromatic rings. The van der Waals surface area contributed by atoms with Crippen LogP contribution in [-0.2, 0) is 15.9 Å². The van der Waals surface area contributed by atoms with Gasteiger partial charge in [0.05, 0.1) is 25.4 Å².